The van der Waals surface area contributed by atoms with Gasteiger partial charge in [0.05, 0.1) is 18.4 Å². The van der Waals surface area contributed by atoms with Crippen molar-refractivity contribution in [1.82, 2.24) is 14.8 Å². The van der Waals surface area contributed by atoms with E-state index in [2.05, 4.69) is 14.8 Å². The Morgan fingerprint density at radius 2 is 2.19 bits per heavy atom. The first kappa shape index (κ1) is 14.8. The number of nitrogen functional groups attached to an aromatic ring is 1. The maximum atomic E-state index is 11.4. The minimum Gasteiger partial charge on any atom is -0.483 e. The van der Waals surface area contributed by atoms with Gasteiger partial charge in [-0.15, -0.1) is 0 Å². The van der Waals surface area contributed by atoms with E-state index in [0.717, 1.165) is 0 Å². The molecule has 0 aliphatic rings. The Balaban J connectivity index is 2.10. The molecule has 21 heavy (non-hydrogen) atoms. The molecular formula is C14H18N4O3. The molecule has 0 atom stereocenters. The fraction of sp³-hybridized carbons (Fsp3) is 0.357. The number of carbonyl (C=O) groups excluding carboxylic acids is 1. The maximum absolute atomic E-state index is 11.4. The third-order valence-electron chi connectivity index (χ3n) is 2.92. The number of hydrogen-bond donors (Lipinski definition) is 1. The lowest BCUT2D eigenvalue weighted by atomic mass is 10.2. The fourth-order valence-corrected chi connectivity index (χ4v) is 1.88. The van der Waals surface area contributed by atoms with Crippen molar-refractivity contribution in [2.45, 2.75) is 26.5 Å². The van der Waals surface area contributed by atoms with Gasteiger partial charge in [-0.25, -0.2) is 14.5 Å². The van der Waals surface area contributed by atoms with Crippen molar-refractivity contribution < 1.29 is 14.3 Å². The van der Waals surface area contributed by atoms with Crippen molar-refractivity contribution in [1.29, 1.82) is 0 Å². The lowest BCUT2D eigenvalue weighted by molar-refractivity contribution is 0.0600. The molecule has 1 heterocycles. The van der Waals surface area contributed by atoms with E-state index in [1.54, 1.807) is 16.8 Å². The second-order valence-electron chi connectivity index (χ2n) is 4.75. The van der Waals surface area contributed by atoms with Crippen LogP contribution in [0.1, 0.15) is 36.1 Å². The Kier molecular flexibility index (Phi) is 4.42. The Hall–Kier alpha value is -2.57. The molecule has 0 saturated carbocycles. The molecule has 7 heteroatoms. The number of esters is 1. The number of nitrogens with zero attached hydrogens (tertiary/aromatic N) is 3. The first-order valence-electron chi connectivity index (χ1n) is 6.52. The molecule has 0 bridgehead atoms. The van der Waals surface area contributed by atoms with E-state index in [1.807, 2.05) is 13.8 Å². The van der Waals surface area contributed by atoms with E-state index < -0.39 is 5.97 Å². The maximum Gasteiger partial charge on any atom is 0.337 e. The lowest BCUT2D eigenvalue weighted by Gasteiger charge is -2.12. The van der Waals surface area contributed by atoms with Crippen LogP contribution in [-0.2, 0) is 11.3 Å². The summed E-state index contributed by atoms with van der Waals surface area (Å²) in [6.07, 6.45) is 1.49. The number of carbonyl (C=O) groups is 1. The van der Waals surface area contributed by atoms with E-state index in [-0.39, 0.29) is 12.6 Å². The van der Waals surface area contributed by atoms with Gasteiger partial charge in [-0.05, 0) is 32.0 Å². The van der Waals surface area contributed by atoms with Crippen LogP contribution in [0.5, 0.6) is 5.75 Å². The smallest absolute Gasteiger partial charge is 0.337 e. The Morgan fingerprint density at radius 1 is 1.43 bits per heavy atom. The molecule has 0 fully saturated rings. The van der Waals surface area contributed by atoms with Crippen molar-refractivity contribution in [3.8, 4) is 5.75 Å². The summed E-state index contributed by atoms with van der Waals surface area (Å²) in [4.78, 5) is 15.6. The topological polar surface area (TPSA) is 92.3 Å². The second kappa shape index (κ2) is 6.25. The summed E-state index contributed by atoms with van der Waals surface area (Å²) in [6, 6.07) is 4.96. The monoisotopic (exact) mass is 290 g/mol. The van der Waals surface area contributed by atoms with Crippen LogP contribution in [0.25, 0.3) is 0 Å². The number of methoxy groups -OCH3 is 1. The van der Waals surface area contributed by atoms with Crippen molar-refractivity contribution in [2.75, 3.05) is 12.8 Å². The average Bonchev–Trinajstić information content (AvgIpc) is 2.93. The Morgan fingerprint density at radius 3 is 2.81 bits per heavy atom. The normalized spacial score (nSPS) is 10.7. The zero-order valence-corrected chi connectivity index (χ0v) is 12.2. The quantitative estimate of drug-likeness (QED) is 0.667. The molecule has 1 aromatic heterocycles. The summed E-state index contributed by atoms with van der Waals surface area (Å²) in [5, 5.41) is 4.13. The van der Waals surface area contributed by atoms with Gasteiger partial charge in [0.2, 0.25) is 0 Å². The molecule has 1 aromatic carbocycles. The number of hydrogen-bond acceptors (Lipinski definition) is 6. The molecule has 0 spiro atoms. The van der Waals surface area contributed by atoms with E-state index in [9.17, 15) is 4.79 Å². The zero-order chi connectivity index (χ0) is 15.4. The van der Waals surface area contributed by atoms with Crippen LogP contribution >= 0.6 is 0 Å². The molecule has 2 N–H and O–H groups in total. The van der Waals surface area contributed by atoms with Crippen molar-refractivity contribution in [2.24, 2.45) is 0 Å². The lowest BCUT2D eigenvalue weighted by Crippen LogP contribution is -2.11. The van der Waals surface area contributed by atoms with Crippen molar-refractivity contribution in [3.63, 3.8) is 0 Å². The van der Waals surface area contributed by atoms with Crippen LogP contribution in [0.3, 0.4) is 0 Å². The Bertz CT molecular complexity index is 637. The fourth-order valence-electron chi connectivity index (χ4n) is 1.88. The first-order chi connectivity index (χ1) is 10.0. The molecule has 112 valence electrons. The van der Waals surface area contributed by atoms with Gasteiger partial charge < -0.3 is 15.2 Å². The first-order valence-corrected chi connectivity index (χ1v) is 6.52. The predicted molar refractivity (Wildman–Crippen MR) is 76.9 cm³/mol. The average molecular weight is 290 g/mol. The molecule has 0 aliphatic carbocycles. The number of ether oxygens (including phenoxy) is 2. The van der Waals surface area contributed by atoms with E-state index in [0.29, 0.717) is 22.8 Å². The van der Waals surface area contributed by atoms with Crippen LogP contribution in [0, 0.1) is 0 Å². The van der Waals surface area contributed by atoms with Crippen LogP contribution in [0.4, 0.5) is 5.69 Å². The van der Waals surface area contributed by atoms with E-state index in [1.165, 1.54) is 19.5 Å². The van der Waals surface area contributed by atoms with Crippen molar-refractivity contribution in [3.05, 3.63) is 35.9 Å². The molecule has 2 aromatic rings. The van der Waals surface area contributed by atoms with Crippen molar-refractivity contribution >= 4 is 11.7 Å². The number of aromatic nitrogens is 3. The standard InChI is InChI=1S/C14H18N4O3/c1-9(2)18-13(16-8-17-18)7-21-12-5-4-10(6-11(12)15)14(19)20-3/h4-6,8-9H,7,15H2,1-3H3. The molecule has 0 saturated heterocycles. The van der Waals surface area contributed by atoms with Gasteiger partial charge in [-0.1, -0.05) is 0 Å². The minimum absolute atomic E-state index is 0.199. The summed E-state index contributed by atoms with van der Waals surface area (Å²) >= 11 is 0. The van der Waals surface area contributed by atoms with Crippen LogP contribution in [0.15, 0.2) is 24.5 Å². The number of anilines is 1. The van der Waals surface area contributed by atoms with Crippen LogP contribution < -0.4 is 10.5 Å². The predicted octanol–water partition coefficient (Wildman–Crippen LogP) is 1.81. The highest BCUT2D eigenvalue weighted by Gasteiger charge is 2.11. The van der Waals surface area contributed by atoms with Crippen LogP contribution in [-0.4, -0.2) is 27.8 Å². The Labute approximate surface area is 122 Å². The summed E-state index contributed by atoms with van der Waals surface area (Å²) in [7, 11) is 1.32. The molecule has 0 amide bonds. The largest absolute Gasteiger partial charge is 0.483 e. The third kappa shape index (κ3) is 3.31. The van der Waals surface area contributed by atoms with Gasteiger partial charge in [-0.2, -0.15) is 5.10 Å². The molecule has 0 aliphatic heterocycles. The molecule has 2 rings (SSSR count). The van der Waals surface area contributed by atoms with Gasteiger partial charge >= 0.3 is 5.97 Å². The van der Waals surface area contributed by atoms with E-state index in [4.69, 9.17) is 10.5 Å². The van der Waals surface area contributed by atoms with Gasteiger partial charge in [0.25, 0.3) is 0 Å². The van der Waals surface area contributed by atoms with Gasteiger partial charge in [0.15, 0.2) is 5.82 Å². The summed E-state index contributed by atoms with van der Waals surface area (Å²) in [6.45, 7) is 4.27. The second-order valence-corrected chi connectivity index (χ2v) is 4.75. The molecule has 7 nitrogen and oxygen atoms in total. The molecular weight excluding hydrogens is 272 g/mol. The number of rotatable bonds is 5. The summed E-state index contributed by atoms with van der Waals surface area (Å²) in [5.41, 5.74) is 6.63. The summed E-state index contributed by atoms with van der Waals surface area (Å²) in [5.74, 6) is 0.759. The van der Waals surface area contributed by atoms with Gasteiger partial charge in [-0.3, -0.25) is 0 Å². The minimum atomic E-state index is -0.437. The highest BCUT2D eigenvalue weighted by molar-refractivity contribution is 5.90. The van der Waals surface area contributed by atoms with E-state index >= 15 is 0 Å². The van der Waals surface area contributed by atoms with Crippen LogP contribution in [0.2, 0.25) is 0 Å². The zero-order valence-electron chi connectivity index (χ0n) is 12.2. The number of benzene rings is 1. The highest BCUT2D eigenvalue weighted by atomic mass is 16.5. The number of nitrogens with two attached hydrogens (primary N) is 1. The highest BCUT2D eigenvalue weighted by Crippen LogP contribution is 2.24. The third-order valence-corrected chi connectivity index (χ3v) is 2.92. The van der Waals surface area contributed by atoms with Gasteiger partial charge in [0, 0.05) is 6.04 Å². The SMILES string of the molecule is COC(=O)c1ccc(OCc2ncnn2C(C)C)c(N)c1. The molecule has 0 radical (unpaired) electrons. The summed E-state index contributed by atoms with van der Waals surface area (Å²) < 4.78 is 12.1. The van der Waals surface area contributed by atoms with Gasteiger partial charge in [0.1, 0.15) is 18.7 Å². The molecule has 0 unspecified atom stereocenters.